The van der Waals surface area contributed by atoms with Gasteiger partial charge in [-0.3, -0.25) is 0 Å². The zero-order valence-electron chi connectivity index (χ0n) is 11.8. The molecule has 3 rings (SSSR count). The van der Waals surface area contributed by atoms with Gasteiger partial charge < -0.3 is 11.1 Å². The summed E-state index contributed by atoms with van der Waals surface area (Å²) in [5.41, 5.74) is 8.02. The molecule has 2 aromatic carbocycles. The van der Waals surface area contributed by atoms with Gasteiger partial charge in [-0.25, -0.2) is 9.07 Å². The molecule has 5 heteroatoms. The predicted octanol–water partition coefficient (Wildman–Crippen LogP) is 2.92. The standard InChI is InChI=1S/C16H17FN4/c1-11(18)9-19-14-6-4-8-15-12(14)10-20-21(15)16-7-3-2-5-13(16)17/h2-8,10-11,19H,9,18H2,1H3/t11-/m0/s1. The van der Waals surface area contributed by atoms with Gasteiger partial charge in [0.2, 0.25) is 0 Å². The second-order valence-electron chi connectivity index (χ2n) is 5.10. The summed E-state index contributed by atoms with van der Waals surface area (Å²) < 4.78 is 15.6. The van der Waals surface area contributed by atoms with Gasteiger partial charge in [-0.1, -0.05) is 18.2 Å². The highest BCUT2D eigenvalue weighted by molar-refractivity contribution is 5.92. The van der Waals surface area contributed by atoms with Crippen LogP contribution in [0.3, 0.4) is 0 Å². The molecular formula is C16H17FN4. The van der Waals surface area contributed by atoms with Crippen molar-refractivity contribution in [3.05, 3.63) is 54.5 Å². The molecule has 0 unspecified atom stereocenters. The van der Waals surface area contributed by atoms with Gasteiger partial charge in [-0.15, -0.1) is 0 Å². The molecule has 0 saturated heterocycles. The fourth-order valence-electron chi connectivity index (χ4n) is 2.29. The van der Waals surface area contributed by atoms with E-state index in [0.29, 0.717) is 12.2 Å². The zero-order chi connectivity index (χ0) is 14.8. The van der Waals surface area contributed by atoms with E-state index in [9.17, 15) is 4.39 Å². The van der Waals surface area contributed by atoms with E-state index in [1.165, 1.54) is 6.07 Å². The number of aromatic nitrogens is 2. The number of hydrogen-bond donors (Lipinski definition) is 2. The van der Waals surface area contributed by atoms with E-state index < -0.39 is 0 Å². The molecule has 0 amide bonds. The van der Waals surface area contributed by atoms with Crippen molar-refractivity contribution in [2.24, 2.45) is 5.73 Å². The lowest BCUT2D eigenvalue weighted by Crippen LogP contribution is -2.25. The summed E-state index contributed by atoms with van der Waals surface area (Å²) in [4.78, 5) is 0. The molecule has 0 aliphatic carbocycles. The van der Waals surface area contributed by atoms with Crippen molar-refractivity contribution in [1.29, 1.82) is 0 Å². The Balaban J connectivity index is 2.07. The molecule has 3 N–H and O–H groups in total. The minimum Gasteiger partial charge on any atom is -0.383 e. The van der Waals surface area contributed by atoms with Crippen molar-refractivity contribution in [2.45, 2.75) is 13.0 Å². The monoisotopic (exact) mass is 284 g/mol. The van der Waals surface area contributed by atoms with Crippen LogP contribution < -0.4 is 11.1 Å². The van der Waals surface area contributed by atoms with Crippen molar-refractivity contribution in [2.75, 3.05) is 11.9 Å². The number of halogens is 1. The molecule has 0 spiro atoms. The number of nitrogens with two attached hydrogens (primary N) is 1. The summed E-state index contributed by atoms with van der Waals surface area (Å²) in [7, 11) is 0. The topological polar surface area (TPSA) is 55.9 Å². The van der Waals surface area contributed by atoms with Crippen molar-refractivity contribution < 1.29 is 4.39 Å². The molecule has 1 aromatic heterocycles. The number of nitrogens with one attached hydrogen (secondary N) is 1. The second kappa shape index (κ2) is 5.54. The summed E-state index contributed by atoms with van der Waals surface area (Å²) in [6.45, 7) is 2.61. The normalized spacial score (nSPS) is 12.5. The lowest BCUT2D eigenvalue weighted by molar-refractivity contribution is 0.613. The Kier molecular flexibility index (Phi) is 3.58. The molecule has 108 valence electrons. The van der Waals surface area contributed by atoms with Gasteiger partial charge >= 0.3 is 0 Å². The molecule has 0 fully saturated rings. The first-order valence-electron chi connectivity index (χ1n) is 6.88. The molecule has 1 atom stereocenters. The fraction of sp³-hybridized carbons (Fsp3) is 0.188. The number of anilines is 1. The minimum absolute atomic E-state index is 0.0573. The van der Waals surface area contributed by atoms with E-state index in [0.717, 1.165) is 16.6 Å². The van der Waals surface area contributed by atoms with E-state index in [2.05, 4.69) is 10.4 Å². The van der Waals surface area contributed by atoms with Crippen LogP contribution in [0.1, 0.15) is 6.92 Å². The zero-order valence-corrected chi connectivity index (χ0v) is 11.8. The van der Waals surface area contributed by atoms with Gasteiger partial charge in [0, 0.05) is 23.7 Å². The van der Waals surface area contributed by atoms with E-state index in [4.69, 9.17) is 5.73 Å². The molecule has 0 aliphatic heterocycles. The average molecular weight is 284 g/mol. The molecule has 0 bridgehead atoms. The highest BCUT2D eigenvalue weighted by Gasteiger charge is 2.11. The first kappa shape index (κ1) is 13.6. The molecule has 3 aromatic rings. The summed E-state index contributed by atoms with van der Waals surface area (Å²) in [5, 5.41) is 8.56. The van der Waals surface area contributed by atoms with Gasteiger partial charge in [0.15, 0.2) is 0 Å². The van der Waals surface area contributed by atoms with Gasteiger partial charge in [-0.05, 0) is 31.2 Å². The third-order valence-electron chi connectivity index (χ3n) is 3.31. The van der Waals surface area contributed by atoms with Crippen LogP contribution in [0.25, 0.3) is 16.6 Å². The maximum absolute atomic E-state index is 13.9. The summed E-state index contributed by atoms with van der Waals surface area (Å²) >= 11 is 0. The van der Waals surface area contributed by atoms with Gasteiger partial charge in [0.1, 0.15) is 11.5 Å². The van der Waals surface area contributed by atoms with Crippen LogP contribution in [0.5, 0.6) is 0 Å². The number of para-hydroxylation sites is 1. The molecule has 0 radical (unpaired) electrons. The number of fused-ring (bicyclic) bond motifs is 1. The number of rotatable bonds is 4. The SMILES string of the molecule is C[C@H](N)CNc1cccc2c1cnn2-c1ccccc1F. The summed E-state index contributed by atoms with van der Waals surface area (Å²) in [5.74, 6) is -0.295. The fourth-order valence-corrected chi connectivity index (χ4v) is 2.29. The Bertz CT molecular complexity index is 764. The van der Waals surface area contributed by atoms with Crippen LogP contribution in [0.4, 0.5) is 10.1 Å². The van der Waals surface area contributed by atoms with Crippen LogP contribution in [0.2, 0.25) is 0 Å². The van der Waals surface area contributed by atoms with Gasteiger partial charge in [0.25, 0.3) is 0 Å². The first-order valence-corrected chi connectivity index (χ1v) is 6.88. The van der Waals surface area contributed by atoms with Crippen LogP contribution in [-0.2, 0) is 0 Å². The van der Waals surface area contributed by atoms with E-state index in [1.54, 1.807) is 29.1 Å². The Morgan fingerprint density at radius 1 is 1.24 bits per heavy atom. The molecule has 4 nitrogen and oxygen atoms in total. The highest BCUT2D eigenvalue weighted by atomic mass is 19.1. The Morgan fingerprint density at radius 3 is 2.81 bits per heavy atom. The number of hydrogen-bond acceptors (Lipinski definition) is 3. The van der Waals surface area contributed by atoms with Crippen LogP contribution in [-0.4, -0.2) is 22.4 Å². The van der Waals surface area contributed by atoms with Crippen molar-refractivity contribution in [1.82, 2.24) is 9.78 Å². The number of benzene rings is 2. The maximum atomic E-state index is 13.9. The average Bonchev–Trinajstić information content (AvgIpc) is 2.90. The first-order chi connectivity index (χ1) is 10.2. The van der Waals surface area contributed by atoms with E-state index in [-0.39, 0.29) is 11.9 Å². The van der Waals surface area contributed by atoms with E-state index >= 15 is 0 Å². The van der Waals surface area contributed by atoms with Crippen molar-refractivity contribution >= 4 is 16.6 Å². The smallest absolute Gasteiger partial charge is 0.148 e. The Hall–Kier alpha value is -2.40. The Labute approximate surface area is 122 Å². The molecule has 0 saturated carbocycles. The third kappa shape index (κ3) is 2.60. The third-order valence-corrected chi connectivity index (χ3v) is 3.31. The molecule has 21 heavy (non-hydrogen) atoms. The Morgan fingerprint density at radius 2 is 2.05 bits per heavy atom. The highest BCUT2D eigenvalue weighted by Crippen LogP contribution is 2.26. The predicted molar refractivity (Wildman–Crippen MR) is 83.2 cm³/mol. The minimum atomic E-state index is -0.295. The molecule has 0 aliphatic rings. The summed E-state index contributed by atoms with van der Waals surface area (Å²) in [6.07, 6.45) is 1.74. The second-order valence-corrected chi connectivity index (χ2v) is 5.10. The lowest BCUT2D eigenvalue weighted by atomic mass is 10.2. The molecular weight excluding hydrogens is 267 g/mol. The quantitative estimate of drug-likeness (QED) is 0.774. The van der Waals surface area contributed by atoms with Crippen molar-refractivity contribution in [3.8, 4) is 5.69 Å². The van der Waals surface area contributed by atoms with Gasteiger partial charge in [-0.2, -0.15) is 5.10 Å². The lowest BCUT2D eigenvalue weighted by Gasteiger charge is -2.10. The molecule has 1 heterocycles. The maximum Gasteiger partial charge on any atom is 0.148 e. The van der Waals surface area contributed by atoms with Crippen LogP contribution in [0.15, 0.2) is 48.7 Å². The van der Waals surface area contributed by atoms with Crippen LogP contribution >= 0.6 is 0 Å². The van der Waals surface area contributed by atoms with Crippen molar-refractivity contribution in [3.63, 3.8) is 0 Å². The number of nitrogens with zero attached hydrogens (tertiary/aromatic N) is 2. The van der Waals surface area contributed by atoms with Crippen LogP contribution in [0, 0.1) is 5.82 Å². The van der Waals surface area contributed by atoms with Gasteiger partial charge in [0.05, 0.1) is 11.7 Å². The summed E-state index contributed by atoms with van der Waals surface area (Å²) in [6, 6.07) is 12.5. The van der Waals surface area contributed by atoms with E-state index in [1.807, 2.05) is 25.1 Å². The largest absolute Gasteiger partial charge is 0.383 e.